The van der Waals surface area contributed by atoms with Crippen molar-refractivity contribution in [2.45, 2.75) is 33.4 Å². The molecule has 18 heavy (non-hydrogen) atoms. The van der Waals surface area contributed by atoms with E-state index < -0.39 is 0 Å². The van der Waals surface area contributed by atoms with E-state index in [0.717, 1.165) is 30.8 Å². The predicted octanol–water partition coefficient (Wildman–Crippen LogP) is 1.85. The summed E-state index contributed by atoms with van der Waals surface area (Å²) in [5, 5.41) is 9.06. The molecule has 0 unspecified atom stereocenters. The van der Waals surface area contributed by atoms with E-state index in [1.807, 2.05) is 29.2 Å². The van der Waals surface area contributed by atoms with Crippen molar-refractivity contribution in [1.29, 1.82) is 5.26 Å². The molecule has 0 atom stereocenters. The number of nitrogen functional groups attached to an aromatic ring is 1. The molecule has 2 aromatic rings. The molecule has 0 bridgehead atoms. The number of hydrogen-bond acceptors (Lipinski definition) is 3. The molecule has 0 aromatic carbocycles. The molecule has 2 aromatic heterocycles. The van der Waals surface area contributed by atoms with Gasteiger partial charge in [-0.2, -0.15) is 5.26 Å². The van der Waals surface area contributed by atoms with Gasteiger partial charge in [0.2, 0.25) is 0 Å². The number of hydrogen-bond donors (Lipinski definition) is 1. The molecule has 2 rings (SSSR count). The summed E-state index contributed by atoms with van der Waals surface area (Å²) < 4.78 is 4.05. The monoisotopic (exact) mass is 243 g/mol. The van der Waals surface area contributed by atoms with Crippen molar-refractivity contribution >= 4 is 5.82 Å². The Balaban J connectivity index is 2.08. The predicted molar refractivity (Wildman–Crippen MR) is 69.9 cm³/mol. The van der Waals surface area contributed by atoms with Crippen molar-refractivity contribution in [2.24, 2.45) is 0 Å². The van der Waals surface area contributed by atoms with Gasteiger partial charge in [0, 0.05) is 31.2 Å². The maximum absolute atomic E-state index is 9.06. The number of nitriles is 1. The van der Waals surface area contributed by atoms with Gasteiger partial charge in [-0.3, -0.25) is 0 Å². The topological polar surface area (TPSA) is 72.6 Å². The second kappa shape index (κ2) is 4.96. The van der Waals surface area contributed by atoms with E-state index in [4.69, 9.17) is 11.0 Å². The SMILES string of the molecule is Cc1c(C#N)c(N)n(CCCn2ccnc2)c1C. The molecule has 2 N–H and O–H groups in total. The van der Waals surface area contributed by atoms with Crippen LogP contribution in [0.5, 0.6) is 0 Å². The normalized spacial score (nSPS) is 10.5. The second-order valence-electron chi connectivity index (χ2n) is 4.39. The molecular weight excluding hydrogens is 226 g/mol. The molecule has 5 heteroatoms. The fourth-order valence-corrected chi connectivity index (χ4v) is 2.15. The average molecular weight is 243 g/mol. The van der Waals surface area contributed by atoms with Crippen LogP contribution in [0.15, 0.2) is 18.7 Å². The molecule has 0 saturated heterocycles. The molecule has 94 valence electrons. The van der Waals surface area contributed by atoms with Crippen molar-refractivity contribution < 1.29 is 0 Å². The highest BCUT2D eigenvalue weighted by Gasteiger charge is 2.14. The molecule has 0 radical (unpaired) electrons. The fraction of sp³-hybridized carbons (Fsp3) is 0.385. The number of imidazole rings is 1. The van der Waals surface area contributed by atoms with Crippen LogP contribution in [-0.4, -0.2) is 14.1 Å². The summed E-state index contributed by atoms with van der Waals surface area (Å²) in [4.78, 5) is 4.00. The molecule has 0 fully saturated rings. The lowest BCUT2D eigenvalue weighted by atomic mass is 10.2. The number of aryl methyl sites for hydroxylation is 1. The molecular formula is C13H17N5. The van der Waals surface area contributed by atoms with Crippen molar-refractivity contribution in [3.63, 3.8) is 0 Å². The molecule has 0 spiro atoms. The van der Waals surface area contributed by atoms with Crippen LogP contribution in [0.3, 0.4) is 0 Å². The van der Waals surface area contributed by atoms with Gasteiger partial charge in [-0.15, -0.1) is 0 Å². The van der Waals surface area contributed by atoms with Gasteiger partial charge in [0.15, 0.2) is 0 Å². The Hall–Kier alpha value is -2.22. The van der Waals surface area contributed by atoms with Crippen molar-refractivity contribution in [2.75, 3.05) is 5.73 Å². The lowest BCUT2D eigenvalue weighted by Gasteiger charge is -2.09. The fourth-order valence-electron chi connectivity index (χ4n) is 2.15. The van der Waals surface area contributed by atoms with Gasteiger partial charge >= 0.3 is 0 Å². The summed E-state index contributed by atoms with van der Waals surface area (Å²) in [7, 11) is 0. The number of rotatable bonds is 4. The highest BCUT2D eigenvalue weighted by molar-refractivity contribution is 5.57. The van der Waals surface area contributed by atoms with E-state index in [9.17, 15) is 0 Å². The quantitative estimate of drug-likeness (QED) is 0.890. The molecule has 5 nitrogen and oxygen atoms in total. The summed E-state index contributed by atoms with van der Waals surface area (Å²) >= 11 is 0. The van der Waals surface area contributed by atoms with Crippen LogP contribution < -0.4 is 5.73 Å². The van der Waals surface area contributed by atoms with E-state index in [2.05, 4.69) is 11.1 Å². The first kappa shape index (κ1) is 12.2. The Labute approximate surface area is 106 Å². The van der Waals surface area contributed by atoms with E-state index in [-0.39, 0.29) is 0 Å². The second-order valence-corrected chi connectivity index (χ2v) is 4.39. The largest absolute Gasteiger partial charge is 0.384 e. The van der Waals surface area contributed by atoms with Gasteiger partial charge in [0.1, 0.15) is 11.9 Å². The zero-order chi connectivity index (χ0) is 13.1. The van der Waals surface area contributed by atoms with E-state index in [0.29, 0.717) is 11.4 Å². The summed E-state index contributed by atoms with van der Waals surface area (Å²) in [6.45, 7) is 5.66. The van der Waals surface area contributed by atoms with Crippen LogP contribution in [-0.2, 0) is 13.1 Å². The zero-order valence-electron chi connectivity index (χ0n) is 10.7. The Morgan fingerprint density at radius 2 is 2.17 bits per heavy atom. The third kappa shape index (κ3) is 2.09. The van der Waals surface area contributed by atoms with Crippen LogP contribution in [0.2, 0.25) is 0 Å². The summed E-state index contributed by atoms with van der Waals surface area (Å²) in [5.41, 5.74) is 8.67. The standard InChI is InChI=1S/C13H17N5/c1-10-11(2)18(13(15)12(10)8-14)6-3-5-17-7-4-16-9-17/h4,7,9H,3,5-6,15H2,1-2H3. The Morgan fingerprint density at radius 1 is 1.39 bits per heavy atom. The van der Waals surface area contributed by atoms with E-state index >= 15 is 0 Å². The number of nitrogens with zero attached hydrogens (tertiary/aromatic N) is 4. The lowest BCUT2D eigenvalue weighted by Crippen LogP contribution is -2.07. The van der Waals surface area contributed by atoms with Crippen LogP contribution >= 0.6 is 0 Å². The summed E-state index contributed by atoms with van der Waals surface area (Å²) in [5.74, 6) is 0.582. The minimum Gasteiger partial charge on any atom is -0.384 e. The zero-order valence-corrected chi connectivity index (χ0v) is 10.7. The Kier molecular flexibility index (Phi) is 3.38. The van der Waals surface area contributed by atoms with Crippen LogP contribution in [0.4, 0.5) is 5.82 Å². The third-order valence-corrected chi connectivity index (χ3v) is 3.34. The van der Waals surface area contributed by atoms with Gasteiger partial charge in [-0.25, -0.2) is 4.98 Å². The lowest BCUT2D eigenvalue weighted by molar-refractivity contribution is 0.561. The van der Waals surface area contributed by atoms with Crippen LogP contribution in [0.25, 0.3) is 0 Å². The Morgan fingerprint density at radius 3 is 2.72 bits per heavy atom. The molecule has 0 aliphatic heterocycles. The van der Waals surface area contributed by atoms with Crippen LogP contribution in [0, 0.1) is 25.2 Å². The molecule has 0 aliphatic rings. The molecule has 2 heterocycles. The summed E-state index contributed by atoms with van der Waals surface area (Å²) in [6.07, 6.45) is 6.48. The molecule has 0 saturated carbocycles. The van der Waals surface area contributed by atoms with Crippen LogP contribution in [0.1, 0.15) is 23.2 Å². The summed E-state index contributed by atoms with van der Waals surface area (Å²) in [6, 6.07) is 2.17. The van der Waals surface area contributed by atoms with Gasteiger partial charge in [0.25, 0.3) is 0 Å². The number of aromatic nitrogens is 3. The van der Waals surface area contributed by atoms with Crippen molar-refractivity contribution in [3.05, 3.63) is 35.5 Å². The first-order chi connectivity index (χ1) is 8.65. The average Bonchev–Trinajstić information content (AvgIpc) is 2.93. The van der Waals surface area contributed by atoms with Crippen molar-refractivity contribution in [3.8, 4) is 6.07 Å². The third-order valence-electron chi connectivity index (χ3n) is 3.34. The van der Waals surface area contributed by atoms with Gasteiger partial charge in [-0.05, 0) is 25.8 Å². The highest BCUT2D eigenvalue weighted by Crippen LogP contribution is 2.23. The molecule has 0 amide bonds. The Bertz CT molecular complexity index is 572. The minimum absolute atomic E-state index is 0.582. The van der Waals surface area contributed by atoms with Crippen molar-refractivity contribution in [1.82, 2.24) is 14.1 Å². The van der Waals surface area contributed by atoms with Gasteiger partial charge in [-0.1, -0.05) is 0 Å². The van der Waals surface area contributed by atoms with E-state index in [1.165, 1.54) is 0 Å². The van der Waals surface area contributed by atoms with E-state index in [1.54, 1.807) is 12.5 Å². The highest BCUT2D eigenvalue weighted by atomic mass is 15.1. The first-order valence-corrected chi connectivity index (χ1v) is 5.96. The first-order valence-electron chi connectivity index (χ1n) is 5.96. The number of anilines is 1. The maximum atomic E-state index is 9.06. The maximum Gasteiger partial charge on any atom is 0.122 e. The number of nitrogens with two attached hydrogens (primary N) is 1. The minimum atomic E-state index is 0.582. The van der Waals surface area contributed by atoms with Gasteiger partial charge in [0.05, 0.1) is 11.9 Å². The van der Waals surface area contributed by atoms with Gasteiger partial charge < -0.3 is 14.9 Å². The smallest absolute Gasteiger partial charge is 0.122 e. The molecule has 0 aliphatic carbocycles.